The molecule has 0 fully saturated rings. The molecule has 0 radical (unpaired) electrons. The summed E-state index contributed by atoms with van der Waals surface area (Å²) in [6, 6.07) is 17.9. The number of rotatable bonds is 4. The number of benzene rings is 2. The fourth-order valence-electron chi connectivity index (χ4n) is 2.79. The SMILES string of the molecule is CCC(c1ccc(C)cc1)c1ccccc1C(C)C. The van der Waals surface area contributed by atoms with Crippen LogP contribution in [0.4, 0.5) is 0 Å². The molecule has 2 aromatic carbocycles. The van der Waals surface area contributed by atoms with Crippen LogP contribution in [0.2, 0.25) is 0 Å². The Morgan fingerprint density at radius 2 is 1.42 bits per heavy atom. The van der Waals surface area contributed by atoms with Gasteiger partial charge >= 0.3 is 0 Å². The third kappa shape index (κ3) is 3.07. The van der Waals surface area contributed by atoms with Crippen LogP contribution in [-0.4, -0.2) is 0 Å². The Morgan fingerprint density at radius 3 is 1.95 bits per heavy atom. The average molecular weight is 252 g/mol. The van der Waals surface area contributed by atoms with Crippen LogP contribution in [-0.2, 0) is 0 Å². The minimum absolute atomic E-state index is 0.513. The van der Waals surface area contributed by atoms with Gasteiger partial charge in [-0.2, -0.15) is 0 Å². The number of hydrogen-bond acceptors (Lipinski definition) is 0. The second kappa shape index (κ2) is 6.06. The van der Waals surface area contributed by atoms with Crippen molar-refractivity contribution in [1.82, 2.24) is 0 Å². The van der Waals surface area contributed by atoms with E-state index in [4.69, 9.17) is 0 Å². The first-order valence-corrected chi connectivity index (χ1v) is 7.28. The molecule has 19 heavy (non-hydrogen) atoms. The summed E-state index contributed by atoms with van der Waals surface area (Å²) in [4.78, 5) is 0. The van der Waals surface area contributed by atoms with Crippen molar-refractivity contribution >= 4 is 0 Å². The van der Waals surface area contributed by atoms with Gasteiger partial charge in [0.25, 0.3) is 0 Å². The van der Waals surface area contributed by atoms with Crippen molar-refractivity contribution in [2.45, 2.75) is 46.0 Å². The molecule has 0 bridgehead atoms. The van der Waals surface area contributed by atoms with Gasteiger partial charge in [0.1, 0.15) is 0 Å². The van der Waals surface area contributed by atoms with E-state index in [1.807, 2.05) is 0 Å². The van der Waals surface area contributed by atoms with E-state index in [1.54, 1.807) is 0 Å². The van der Waals surface area contributed by atoms with Crippen molar-refractivity contribution in [3.05, 3.63) is 70.8 Å². The van der Waals surface area contributed by atoms with Crippen molar-refractivity contribution < 1.29 is 0 Å². The van der Waals surface area contributed by atoms with Crippen LogP contribution in [0.3, 0.4) is 0 Å². The highest BCUT2D eigenvalue weighted by Crippen LogP contribution is 2.33. The Balaban J connectivity index is 2.45. The zero-order valence-electron chi connectivity index (χ0n) is 12.5. The molecule has 0 nitrogen and oxygen atoms in total. The van der Waals surface area contributed by atoms with Crippen molar-refractivity contribution in [3.63, 3.8) is 0 Å². The second-order valence-electron chi connectivity index (χ2n) is 5.66. The predicted molar refractivity (Wildman–Crippen MR) is 83.8 cm³/mol. The highest BCUT2D eigenvalue weighted by Gasteiger charge is 2.16. The van der Waals surface area contributed by atoms with Gasteiger partial charge in [0.15, 0.2) is 0 Å². The fourth-order valence-corrected chi connectivity index (χ4v) is 2.79. The lowest BCUT2D eigenvalue weighted by Gasteiger charge is -2.21. The first kappa shape index (κ1) is 13.9. The molecule has 0 aromatic heterocycles. The summed E-state index contributed by atoms with van der Waals surface area (Å²) in [5, 5.41) is 0. The second-order valence-corrected chi connectivity index (χ2v) is 5.66. The molecule has 2 rings (SSSR count). The van der Waals surface area contributed by atoms with Crippen molar-refractivity contribution in [3.8, 4) is 0 Å². The summed E-state index contributed by atoms with van der Waals surface area (Å²) in [5.41, 5.74) is 5.73. The van der Waals surface area contributed by atoms with Gasteiger partial charge in [-0.1, -0.05) is 74.9 Å². The largest absolute Gasteiger partial charge is 0.0645 e. The Hall–Kier alpha value is -1.56. The van der Waals surface area contributed by atoms with Crippen LogP contribution < -0.4 is 0 Å². The van der Waals surface area contributed by atoms with Crippen molar-refractivity contribution in [2.24, 2.45) is 0 Å². The van der Waals surface area contributed by atoms with Crippen LogP contribution in [0.1, 0.15) is 61.3 Å². The maximum Gasteiger partial charge on any atom is 0.00895 e. The molecule has 0 amide bonds. The average Bonchev–Trinajstić information content (AvgIpc) is 2.42. The summed E-state index contributed by atoms with van der Waals surface area (Å²) in [5.74, 6) is 1.09. The molecule has 100 valence electrons. The van der Waals surface area contributed by atoms with Crippen molar-refractivity contribution in [2.75, 3.05) is 0 Å². The van der Waals surface area contributed by atoms with Gasteiger partial charge in [0, 0.05) is 5.92 Å². The molecule has 0 saturated heterocycles. The van der Waals surface area contributed by atoms with Gasteiger partial charge in [-0.3, -0.25) is 0 Å². The van der Waals surface area contributed by atoms with E-state index in [0.717, 1.165) is 6.42 Å². The summed E-state index contributed by atoms with van der Waals surface area (Å²) in [6.45, 7) is 8.98. The molecular weight excluding hydrogens is 228 g/mol. The van der Waals surface area contributed by atoms with E-state index in [2.05, 4.69) is 76.2 Å². The molecular formula is C19H24. The summed E-state index contributed by atoms with van der Waals surface area (Å²) >= 11 is 0. The van der Waals surface area contributed by atoms with Crippen LogP contribution >= 0.6 is 0 Å². The molecule has 0 heterocycles. The van der Waals surface area contributed by atoms with E-state index in [-0.39, 0.29) is 0 Å². The van der Waals surface area contributed by atoms with E-state index < -0.39 is 0 Å². The molecule has 0 spiro atoms. The summed E-state index contributed by atoms with van der Waals surface area (Å²) in [6.07, 6.45) is 1.15. The lowest BCUT2D eigenvalue weighted by Crippen LogP contribution is -2.05. The predicted octanol–water partition coefficient (Wildman–Crippen LogP) is 5.66. The Morgan fingerprint density at radius 1 is 0.842 bits per heavy atom. The van der Waals surface area contributed by atoms with Gasteiger partial charge < -0.3 is 0 Å². The fraction of sp³-hybridized carbons (Fsp3) is 0.368. The lowest BCUT2D eigenvalue weighted by atomic mass is 9.83. The molecule has 0 aliphatic rings. The zero-order chi connectivity index (χ0) is 13.8. The standard InChI is InChI=1S/C19H24/c1-5-17(16-12-10-15(4)11-13-16)19-9-7-6-8-18(19)14(2)3/h6-14,17H,5H2,1-4H3. The minimum atomic E-state index is 0.513. The molecule has 0 aliphatic heterocycles. The third-order valence-corrected chi connectivity index (χ3v) is 3.88. The van der Waals surface area contributed by atoms with E-state index in [9.17, 15) is 0 Å². The molecule has 0 aliphatic carbocycles. The quantitative estimate of drug-likeness (QED) is 0.658. The lowest BCUT2D eigenvalue weighted by molar-refractivity contribution is 0.743. The van der Waals surface area contributed by atoms with Gasteiger partial charge in [-0.25, -0.2) is 0 Å². The zero-order valence-corrected chi connectivity index (χ0v) is 12.5. The molecule has 0 saturated carbocycles. The van der Waals surface area contributed by atoms with Crippen LogP contribution in [0.25, 0.3) is 0 Å². The summed E-state index contributed by atoms with van der Waals surface area (Å²) in [7, 11) is 0. The Labute approximate surface area is 117 Å². The third-order valence-electron chi connectivity index (χ3n) is 3.88. The summed E-state index contributed by atoms with van der Waals surface area (Å²) < 4.78 is 0. The monoisotopic (exact) mass is 252 g/mol. The first-order chi connectivity index (χ1) is 9.13. The molecule has 2 aromatic rings. The Bertz CT molecular complexity index is 520. The minimum Gasteiger partial charge on any atom is -0.0645 e. The highest BCUT2D eigenvalue weighted by molar-refractivity contribution is 5.40. The van der Waals surface area contributed by atoms with Gasteiger partial charge in [0.05, 0.1) is 0 Å². The molecule has 1 unspecified atom stereocenters. The van der Waals surface area contributed by atoms with Crippen molar-refractivity contribution in [1.29, 1.82) is 0 Å². The highest BCUT2D eigenvalue weighted by atomic mass is 14.2. The van der Waals surface area contributed by atoms with Gasteiger partial charge in [0.2, 0.25) is 0 Å². The first-order valence-electron chi connectivity index (χ1n) is 7.28. The van der Waals surface area contributed by atoms with Gasteiger partial charge in [-0.05, 0) is 36.0 Å². The normalized spacial score (nSPS) is 12.7. The van der Waals surface area contributed by atoms with Crippen LogP contribution in [0.15, 0.2) is 48.5 Å². The number of hydrogen-bond donors (Lipinski definition) is 0. The topological polar surface area (TPSA) is 0 Å². The Kier molecular flexibility index (Phi) is 4.42. The van der Waals surface area contributed by atoms with Crippen LogP contribution in [0, 0.1) is 6.92 Å². The van der Waals surface area contributed by atoms with E-state index >= 15 is 0 Å². The number of aryl methyl sites for hydroxylation is 1. The van der Waals surface area contributed by atoms with Crippen LogP contribution in [0.5, 0.6) is 0 Å². The van der Waals surface area contributed by atoms with E-state index in [0.29, 0.717) is 11.8 Å². The maximum absolute atomic E-state index is 2.29. The molecule has 0 heteroatoms. The maximum atomic E-state index is 2.29. The molecule has 0 N–H and O–H groups in total. The molecule has 1 atom stereocenters. The van der Waals surface area contributed by atoms with E-state index in [1.165, 1.54) is 22.3 Å². The smallest absolute Gasteiger partial charge is 0.00895 e. The van der Waals surface area contributed by atoms with Gasteiger partial charge in [-0.15, -0.1) is 0 Å².